The number of esters is 2. The number of carbonyl (C=O) groups excluding carboxylic acids is 3. The van der Waals surface area contributed by atoms with E-state index in [2.05, 4.69) is 0 Å². The molecular weight excluding hydrogens is 577 g/mol. The molecule has 0 bridgehead atoms. The molecule has 222 valence electrons. The number of thiophene rings is 1. The van der Waals surface area contributed by atoms with Crippen molar-refractivity contribution in [1.82, 2.24) is 0 Å². The second-order valence-corrected chi connectivity index (χ2v) is 10.8. The summed E-state index contributed by atoms with van der Waals surface area (Å²) in [6.07, 6.45) is 0.101. The Labute approximate surface area is 250 Å². The normalized spacial score (nSPS) is 20.1. The summed E-state index contributed by atoms with van der Waals surface area (Å²) in [6.45, 7) is 3.25. The fourth-order valence-electron chi connectivity index (χ4n) is 5.75. The Bertz CT molecular complexity index is 1650. The number of nitro groups is 1. The highest BCUT2D eigenvalue weighted by molar-refractivity contribution is 7.10. The Morgan fingerprint density at radius 3 is 2.37 bits per heavy atom. The first-order valence-corrected chi connectivity index (χ1v) is 14.5. The molecule has 2 aliphatic rings. The minimum atomic E-state index is -1.29. The van der Waals surface area contributed by atoms with Gasteiger partial charge in [0.05, 0.1) is 29.6 Å². The van der Waals surface area contributed by atoms with Crippen LogP contribution in [0.25, 0.3) is 0 Å². The van der Waals surface area contributed by atoms with E-state index in [1.54, 1.807) is 26.0 Å². The molecule has 12 heteroatoms. The molecule has 0 amide bonds. The van der Waals surface area contributed by atoms with Crippen LogP contribution in [-0.2, 0) is 23.9 Å². The summed E-state index contributed by atoms with van der Waals surface area (Å²) in [5.74, 6) is -6.24. The van der Waals surface area contributed by atoms with Gasteiger partial charge in [-0.05, 0) is 49.9 Å². The monoisotopic (exact) mass is 605 g/mol. The summed E-state index contributed by atoms with van der Waals surface area (Å²) in [6, 6.07) is 14.8. The summed E-state index contributed by atoms with van der Waals surface area (Å²) in [4.78, 5) is 54.6. The summed E-state index contributed by atoms with van der Waals surface area (Å²) in [5.41, 5.74) is 7.06. The molecule has 0 saturated heterocycles. The number of Topliss-reactive ketones (excluding diaryl/α,β-unsaturated/α-hetero) is 1. The Balaban J connectivity index is 1.82. The fraction of sp³-hybridized carbons (Fsp3) is 0.258. The van der Waals surface area contributed by atoms with Gasteiger partial charge in [-0.1, -0.05) is 24.3 Å². The fourth-order valence-corrected chi connectivity index (χ4v) is 6.61. The van der Waals surface area contributed by atoms with Gasteiger partial charge in [0.25, 0.3) is 5.69 Å². The molecule has 1 aliphatic carbocycles. The van der Waals surface area contributed by atoms with E-state index in [-0.39, 0.29) is 47.9 Å². The number of nitrogens with two attached hydrogens (primary N) is 1. The van der Waals surface area contributed by atoms with Crippen LogP contribution in [0.1, 0.15) is 42.5 Å². The van der Waals surface area contributed by atoms with Crippen molar-refractivity contribution in [2.24, 2.45) is 11.7 Å². The molecule has 0 saturated carbocycles. The molecule has 43 heavy (non-hydrogen) atoms. The van der Waals surface area contributed by atoms with Crippen LogP contribution >= 0.6 is 11.3 Å². The van der Waals surface area contributed by atoms with Gasteiger partial charge in [-0.3, -0.25) is 24.6 Å². The number of carbonyl (C=O) groups is 3. The number of halogens is 1. The molecule has 0 spiro atoms. The molecular formula is C31H28FN3O7S. The quantitative estimate of drug-likeness (QED) is 0.156. The van der Waals surface area contributed by atoms with Crippen molar-refractivity contribution in [2.75, 3.05) is 18.1 Å². The molecule has 2 aromatic carbocycles. The van der Waals surface area contributed by atoms with E-state index in [1.807, 2.05) is 11.4 Å². The van der Waals surface area contributed by atoms with Gasteiger partial charge in [0.2, 0.25) is 0 Å². The predicted molar refractivity (Wildman–Crippen MR) is 156 cm³/mol. The molecule has 2 heterocycles. The largest absolute Gasteiger partial charge is 0.465 e. The van der Waals surface area contributed by atoms with E-state index in [0.29, 0.717) is 11.4 Å². The van der Waals surface area contributed by atoms with E-state index in [4.69, 9.17) is 15.2 Å². The van der Waals surface area contributed by atoms with Crippen molar-refractivity contribution in [3.8, 4) is 0 Å². The van der Waals surface area contributed by atoms with Gasteiger partial charge >= 0.3 is 11.9 Å². The highest BCUT2D eigenvalue weighted by atomic mass is 32.1. The van der Waals surface area contributed by atoms with Crippen molar-refractivity contribution in [3.63, 3.8) is 0 Å². The zero-order valence-electron chi connectivity index (χ0n) is 23.3. The number of hydrogen-bond donors (Lipinski definition) is 1. The van der Waals surface area contributed by atoms with E-state index in [0.717, 1.165) is 4.88 Å². The lowest BCUT2D eigenvalue weighted by Crippen LogP contribution is -2.46. The van der Waals surface area contributed by atoms with Crippen molar-refractivity contribution in [3.05, 3.63) is 115 Å². The first-order chi connectivity index (χ1) is 20.7. The number of benzene rings is 2. The minimum Gasteiger partial charge on any atom is -0.465 e. The molecule has 0 radical (unpaired) electrons. The summed E-state index contributed by atoms with van der Waals surface area (Å²) in [7, 11) is 0. The number of nitro benzene ring substituents is 1. The average Bonchev–Trinajstić information content (AvgIpc) is 3.52. The predicted octanol–water partition coefficient (Wildman–Crippen LogP) is 5.32. The molecule has 3 atom stereocenters. The molecule has 2 N–H and O–H groups in total. The number of allylic oxidation sites excluding steroid dienone is 2. The minimum absolute atomic E-state index is 0.00608. The number of nitrogens with zero attached hydrogens (tertiary/aromatic N) is 2. The summed E-state index contributed by atoms with van der Waals surface area (Å²) in [5, 5.41) is 13.2. The van der Waals surface area contributed by atoms with E-state index in [1.165, 1.54) is 58.7 Å². The standard InChI is InChI=1S/C31H28FN3O7S/c1-3-41-30(37)25-20(23-10-7-15-43-23)16-22-26(28(25)36)24(19-8-5-6-9-21(19)32)27(31(38)42-4-2)29(33)34(22)17-11-13-18(14-12-17)35(39)40/h5-15,20,24-25H,3-4,16,33H2,1-2H3/t20-,24-,25-/m0/s1. The maximum absolute atomic E-state index is 15.5. The summed E-state index contributed by atoms with van der Waals surface area (Å²) < 4.78 is 26.2. The van der Waals surface area contributed by atoms with Gasteiger partial charge in [-0.15, -0.1) is 11.3 Å². The first kappa shape index (κ1) is 29.6. The third kappa shape index (κ3) is 5.29. The van der Waals surface area contributed by atoms with Gasteiger partial charge in [0.15, 0.2) is 5.78 Å². The lowest BCUT2D eigenvalue weighted by Gasteiger charge is -2.43. The second-order valence-electron chi connectivity index (χ2n) is 9.86. The van der Waals surface area contributed by atoms with Crippen molar-refractivity contribution in [2.45, 2.75) is 32.1 Å². The zero-order valence-corrected chi connectivity index (χ0v) is 24.1. The number of ketones is 1. The number of ether oxygens (including phenoxy) is 2. The second kappa shape index (κ2) is 12.2. The van der Waals surface area contributed by atoms with Crippen LogP contribution in [0.15, 0.2) is 88.7 Å². The molecule has 10 nitrogen and oxygen atoms in total. The maximum atomic E-state index is 15.5. The highest BCUT2D eigenvalue weighted by Crippen LogP contribution is 2.52. The van der Waals surface area contributed by atoms with Crippen molar-refractivity contribution >= 4 is 40.4 Å². The van der Waals surface area contributed by atoms with E-state index in [9.17, 15) is 24.5 Å². The number of anilines is 1. The van der Waals surface area contributed by atoms with Gasteiger partial charge in [-0.2, -0.15) is 0 Å². The zero-order chi connectivity index (χ0) is 30.8. The number of non-ortho nitro benzene ring substituents is 1. The van der Waals surface area contributed by atoms with Crippen LogP contribution < -0.4 is 10.6 Å². The van der Waals surface area contributed by atoms with Crippen LogP contribution in [0.2, 0.25) is 0 Å². The Morgan fingerprint density at radius 2 is 1.77 bits per heavy atom. The number of hydrogen-bond acceptors (Lipinski definition) is 10. The van der Waals surface area contributed by atoms with Crippen LogP contribution in [0.5, 0.6) is 0 Å². The van der Waals surface area contributed by atoms with Crippen LogP contribution in [0.4, 0.5) is 15.8 Å². The SMILES string of the molecule is CCOC(=O)C1=C(N)N(c2ccc([N+](=O)[O-])cc2)C2=C(C(=O)[C@@H](C(=O)OCC)[C@H](c3cccs3)C2)[C@@H]1c1ccccc1F. The van der Waals surface area contributed by atoms with Gasteiger partial charge in [0.1, 0.15) is 17.6 Å². The maximum Gasteiger partial charge on any atom is 0.338 e. The lowest BCUT2D eigenvalue weighted by atomic mass is 9.68. The molecule has 1 aliphatic heterocycles. The van der Waals surface area contributed by atoms with E-state index < -0.39 is 46.2 Å². The molecule has 3 aromatic rings. The lowest BCUT2D eigenvalue weighted by molar-refractivity contribution is -0.384. The van der Waals surface area contributed by atoms with Crippen LogP contribution in [0, 0.1) is 21.8 Å². The van der Waals surface area contributed by atoms with Gasteiger partial charge in [0, 0.05) is 45.4 Å². The Morgan fingerprint density at radius 1 is 1.07 bits per heavy atom. The van der Waals surface area contributed by atoms with Crippen molar-refractivity contribution < 1.29 is 33.2 Å². The Hall–Kier alpha value is -4.84. The molecule has 0 fully saturated rings. The molecule has 0 unspecified atom stereocenters. The first-order valence-electron chi connectivity index (χ1n) is 13.6. The van der Waals surface area contributed by atoms with Crippen LogP contribution in [-0.4, -0.2) is 35.9 Å². The van der Waals surface area contributed by atoms with E-state index >= 15 is 4.39 Å². The average molecular weight is 606 g/mol. The van der Waals surface area contributed by atoms with Gasteiger partial charge < -0.3 is 15.2 Å². The van der Waals surface area contributed by atoms with Crippen molar-refractivity contribution in [1.29, 1.82) is 0 Å². The molecule has 1 aromatic heterocycles. The number of rotatable bonds is 8. The third-order valence-corrected chi connectivity index (χ3v) is 8.52. The molecule has 5 rings (SSSR count). The summed E-state index contributed by atoms with van der Waals surface area (Å²) >= 11 is 1.37. The van der Waals surface area contributed by atoms with Gasteiger partial charge in [-0.25, -0.2) is 9.18 Å². The highest BCUT2D eigenvalue weighted by Gasteiger charge is 2.52. The topological polar surface area (TPSA) is 142 Å². The smallest absolute Gasteiger partial charge is 0.338 e. The third-order valence-electron chi connectivity index (χ3n) is 7.52. The Kier molecular flexibility index (Phi) is 8.40. The van der Waals surface area contributed by atoms with Crippen LogP contribution in [0.3, 0.4) is 0 Å².